The predicted molar refractivity (Wildman–Crippen MR) is 130 cm³/mol. The molecule has 0 unspecified atom stereocenters. The summed E-state index contributed by atoms with van der Waals surface area (Å²) in [6.07, 6.45) is 5.17. The molecular formula is C27H34FN3O2. The molecule has 1 N–H and O–H groups in total. The highest BCUT2D eigenvalue weighted by atomic mass is 19.1. The predicted octanol–water partition coefficient (Wildman–Crippen LogP) is 5.10. The van der Waals surface area contributed by atoms with Crippen molar-refractivity contribution in [2.75, 3.05) is 26.2 Å². The number of fused-ring (bicyclic) bond motifs is 1. The van der Waals surface area contributed by atoms with E-state index in [-0.39, 0.29) is 17.8 Å². The molecule has 4 rings (SSSR count). The van der Waals surface area contributed by atoms with Crippen molar-refractivity contribution < 1.29 is 13.9 Å². The number of halogens is 1. The Morgan fingerprint density at radius 2 is 1.82 bits per heavy atom. The summed E-state index contributed by atoms with van der Waals surface area (Å²) in [5.41, 5.74) is 1.86. The van der Waals surface area contributed by atoms with E-state index in [1.54, 1.807) is 12.1 Å². The molecular weight excluding hydrogens is 417 g/mol. The quantitative estimate of drug-likeness (QED) is 0.492. The molecule has 0 aliphatic carbocycles. The number of carbonyl (C=O) groups is 1. The third kappa shape index (κ3) is 6.14. The highest BCUT2D eigenvalue weighted by Gasteiger charge is 2.21. The third-order valence-electron chi connectivity index (χ3n) is 6.23. The van der Waals surface area contributed by atoms with E-state index >= 15 is 0 Å². The smallest absolute Gasteiger partial charge is 0.253 e. The topological polar surface area (TPSA) is 46.5 Å². The fraction of sp³-hybridized carbons (Fsp3) is 0.444. The Morgan fingerprint density at radius 3 is 2.55 bits per heavy atom. The molecule has 176 valence electrons. The molecule has 0 radical (unpaired) electrons. The van der Waals surface area contributed by atoms with Gasteiger partial charge in [0.25, 0.3) is 5.91 Å². The standard InChI is InChI=1S/C27H34FN3O2/c1-20(2)18-29-27(32)25-19-31(26-7-4-3-6-24(25)26)15-5-14-30-16-12-23(13-17-30)33-22-10-8-21(28)9-11-22/h3-4,6-11,19-20,23H,5,12-18H2,1-2H3,(H,29,32). The molecule has 1 aliphatic heterocycles. The third-order valence-corrected chi connectivity index (χ3v) is 6.23. The van der Waals surface area contributed by atoms with Crippen molar-refractivity contribution in [2.24, 2.45) is 5.92 Å². The van der Waals surface area contributed by atoms with Crippen LogP contribution in [0.3, 0.4) is 0 Å². The second-order valence-electron chi connectivity index (χ2n) is 9.32. The molecule has 2 heterocycles. The minimum atomic E-state index is -0.240. The largest absolute Gasteiger partial charge is 0.490 e. The van der Waals surface area contributed by atoms with Crippen LogP contribution in [0.15, 0.2) is 54.7 Å². The first kappa shape index (κ1) is 23.3. The lowest BCUT2D eigenvalue weighted by Crippen LogP contribution is -2.38. The van der Waals surface area contributed by atoms with Gasteiger partial charge in [-0.3, -0.25) is 4.79 Å². The Labute approximate surface area is 195 Å². The van der Waals surface area contributed by atoms with Crippen LogP contribution in [0.5, 0.6) is 5.75 Å². The fourth-order valence-corrected chi connectivity index (χ4v) is 4.43. The van der Waals surface area contributed by atoms with Gasteiger partial charge >= 0.3 is 0 Å². The normalized spacial score (nSPS) is 15.3. The summed E-state index contributed by atoms with van der Waals surface area (Å²) in [5, 5.41) is 4.06. The lowest BCUT2D eigenvalue weighted by molar-refractivity contribution is 0.0950. The van der Waals surface area contributed by atoms with Crippen LogP contribution in [0.1, 0.15) is 43.5 Å². The number of piperidine rings is 1. The summed E-state index contributed by atoms with van der Waals surface area (Å²) < 4.78 is 21.3. The number of nitrogens with one attached hydrogen (secondary N) is 1. The molecule has 0 saturated carbocycles. The van der Waals surface area contributed by atoms with Crippen molar-refractivity contribution >= 4 is 16.8 Å². The first-order chi connectivity index (χ1) is 16.0. The van der Waals surface area contributed by atoms with Crippen molar-refractivity contribution in [3.63, 3.8) is 0 Å². The molecule has 3 aromatic rings. The van der Waals surface area contributed by atoms with Crippen LogP contribution in [0.4, 0.5) is 4.39 Å². The van der Waals surface area contributed by atoms with Crippen molar-refractivity contribution in [3.05, 3.63) is 66.1 Å². The van der Waals surface area contributed by atoms with E-state index in [1.165, 1.54) is 12.1 Å². The molecule has 1 aromatic heterocycles. The Bertz CT molecular complexity index is 1050. The average Bonchev–Trinajstić information content (AvgIpc) is 3.19. The van der Waals surface area contributed by atoms with Crippen LogP contribution < -0.4 is 10.1 Å². The number of benzene rings is 2. The molecule has 1 fully saturated rings. The maximum Gasteiger partial charge on any atom is 0.253 e. The van der Waals surface area contributed by atoms with E-state index in [1.807, 2.05) is 24.4 Å². The number of aryl methyl sites for hydroxylation is 1. The van der Waals surface area contributed by atoms with E-state index in [0.717, 1.165) is 67.7 Å². The Morgan fingerprint density at radius 1 is 1.09 bits per heavy atom. The molecule has 33 heavy (non-hydrogen) atoms. The summed E-state index contributed by atoms with van der Waals surface area (Å²) >= 11 is 0. The molecule has 0 atom stereocenters. The lowest BCUT2D eigenvalue weighted by Gasteiger charge is -2.32. The van der Waals surface area contributed by atoms with Gasteiger partial charge in [0.1, 0.15) is 17.7 Å². The van der Waals surface area contributed by atoms with Gasteiger partial charge in [-0.05, 0) is 62.1 Å². The average molecular weight is 452 g/mol. The maximum atomic E-state index is 13.1. The van der Waals surface area contributed by atoms with Gasteiger partial charge in [-0.25, -0.2) is 4.39 Å². The highest BCUT2D eigenvalue weighted by molar-refractivity contribution is 6.07. The van der Waals surface area contributed by atoms with Crippen molar-refractivity contribution in [1.82, 2.24) is 14.8 Å². The van der Waals surface area contributed by atoms with E-state index < -0.39 is 0 Å². The van der Waals surface area contributed by atoms with Gasteiger partial charge in [0, 0.05) is 43.3 Å². The van der Waals surface area contributed by atoms with E-state index in [9.17, 15) is 9.18 Å². The highest BCUT2D eigenvalue weighted by Crippen LogP contribution is 2.23. The summed E-state index contributed by atoms with van der Waals surface area (Å²) in [6, 6.07) is 14.4. The maximum absolute atomic E-state index is 13.1. The Balaban J connectivity index is 1.28. The second-order valence-corrected chi connectivity index (χ2v) is 9.32. The first-order valence-corrected chi connectivity index (χ1v) is 12.0. The number of hydrogen-bond acceptors (Lipinski definition) is 3. The molecule has 6 heteroatoms. The molecule has 1 saturated heterocycles. The zero-order chi connectivity index (χ0) is 23.2. The van der Waals surface area contributed by atoms with Gasteiger partial charge in [-0.2, -0.15) is 0 Å². The van der Waals surface area contributed by atoms with Gasteiger partial charge in [0.05, 0.1) is 5.56 Å². The number of likely N-dealkylation sites (tertiary alicyclic amines) is 1. The Hall–Kier alpha value is -2.86. The van der Waals surface area contributed by atoms with Crippen LogP contribution in [0.2, 0.25) is 0 Å². The Kier molecular flexibility index (Phi) is 7.65. The number of nitrogens with zero attached hydrogens (tertiary/aromatic N) is 2. The molecule has 5 nitrogen and oxygen atoms in total. The van der Waals surface area contributed by atoms with Crippen molar-refractivity contribution in [1.29, 1.82) is 0 Å². The van der Waals surface area contributed by atoms with Crippen molar-refractivity contribution in [3.8, 4) is 5.75 Å². The lowest BCUT2D eigenvalue weighted by atomic mass is 10.1. The van der Waals surface area contributed by atoms with Crippen LogP contribution in [-0.2, 0) is 6.54 Å². The van der Waals surface area contributed by atoms with Crippen LogP contribution in [0, 0.1) is 11.7 Å². The van der Waals surface area contributed by atoms with Gasteiger partial charge in [0.15, 0.2) is 0 Å². The zero-order valence-electron chi connectivity index (χ0n) is 19.6. The number of rotatable bonds is 9. The molecule has 1 amide bonds. The number of hydrogen-bond donors (Lipinski definition) is 1. The van der Waals surface area contributed by atoms with Crippen LogP contribution >= 0.6 is 0 Å². The minimum Gasteiger partial charge on any atom is -0.490 e. The summed E-state index contributed by atoms with van der Waals surface area (Å²) in [5.74, 6) is 0.924. The first-order valence-electron chi connectivity index (χ1n) is 12.0. The molecule has 2 aromatic carbocycles. The van der Waals surface area contributed by atoms with Gasteiger partial charge in [0.2, 0.25) is 0 Å². The number of amides is 1. The molecule has 0 bridgehead atoms. The summed E-state index contributed by atoms with van der Waals surface area (Å²) in [7, 11) is 0. The van der Waals surface area contributed by atoms with E-state index in [4.69, 9.17) is 4.74 Å². The van der Waals surface area contributed by atoms with E-state index in [2.05, 4.69) is 34.7 Å². The number of ether oxygens (including phenoxy) is 1. The monoisotopic (exact) mass is 451 g/mol. The zero-order valence-corrected chi connectivity index (χ0v) is 19.6. The van der Waals surface area contributed by atoms with Crippen molar-refractivity contribution in [2.45, 2.75) is 45.8 Å². The summed E-state index contributed by atoms with van der Waals surface area (Å²) in [4.78, 5) is 15.2. The molecule has 0 spiro atoms. The number of carbonyl (C=O) groups excluding carboxylic acids is 1. The van der Waals surface area contributed by atoms with Gasteiger partial charge in [-0.15, -0.1) is 0 Å². The van der Waals surface area contributed by atoms with Gasteiger partial charge < -0.3 is 19.5 Å². The SMILES string of the molecule is CC(C)CNC(=O)c1cn(CCCN2CCC(Oc3ccc(F)cc3)CC2)c2ccccc12. The number of aromatic nitrogens is 1. The van der Waals surface area contributed by atoms with E-state index in [0.29, 0.717) is 12.5 Å². The summed E-state index contributed by atoms with van der Waals surface area (Å²) in [6.45, 7) is 8.78. The number of para-hydroxylation sites is 1. The molecule has 1 aliphatic rings. The van der Waals surface area contributed by atoms with Gasteiger partial charge in [-0.1, -0.05) is 32.0 Å². The van der Waals surface area contributed by atoms with Crippen LogP contribution in [0.25, 0.3) is 10.9 Å². The second kappa shape index (κ2) is 10.8. The fourth-order valence-electron chi connectivity index (χ4n) is 4.43. The minimum absolute atomic E-state index is 0.00174. The van der Waals surface area contributed by atoms with Crippen LogP contribution in [-0.4, -0.2) is 47.7 Å².